The highest BCUT2D eigenvalue weighted by molar-refractivity contribution is 5.81. The van der Waals surface area contributed by atoms with Gasteiger partial charge in [-0.1, -0.05) is 18.2 Å². The van der Waals surface area contributed by atoms with Crippen molar-refractivity contribution in [3.63, 3.8) is 0 Å². The van der Waals surface area contributed by atoms with E-state index >= 15 is 0 Å². The molecule has 0 amide bonds. The monoisotopic (exact) mass is 272 g/mol. The van der Waals surface area contributed by atoms with Crippen molar-refractivity contribution in [2.45, 2.75) is 13.0 Å². The van der Waals surface area contributed by atoms with E-state index in [9.17, 15) is 0 Å². The first-order valence-corrected chi connectivity index (χ1v) is 7.03. The van der Waals surface area contributed by atoms with Crippen LogP contribution in [0.3, 0.4) is 0 Å². The third kappa shape index (κ3) is 3.92. The summed E-state index contributed by atoms with van der Waals surface area (Å²) in [6.45, 7) is 3.01. The molecule has 0 aliphatic rings. The zero-order valence-electron chi connectivity index (χ0n) is 12.6. The van der Waals surface area contributed by atoms with Crippen molar-refractivity contribution in [1.82, 2.24) is 14.8 Å². The van der Waals surface area contributed by atoms with E-state index in [0.717, 1.165) is 42.5 Å². The molecule has 2 rings (SSSR count). The molecule has 0 fully saturated rings. The summed E-state index contributed by atoms with van der Waals surface area (Å²) in [6, 6.07) is 10.3. The van der Waals surface area contributed by atoms with Crippen LogP contribution in [0.1, 0.15) is 12.0 Å². The lowest BCUT2D eigenvalue weighted by atomic mass is 10.1. The van der Waals surface area contributed by atoms with E-state index in [1.807, 2.05) is 18.2 Å². The van der Waals surface area contributed by atoms with Gasteiger partial charge in [-0.05, 0) is 52.8 Å². The number of rotatable bonds is 6. The van der Waals surface area contributed by atoms with Gasteiger partial charge in [0.2, 0.25) is 0 Å². The molecule has 0 spiro atoms. The molecule has 0 radical (unpaired) electrons. The van der Waals surface area contributed by atoms with Crippen molar-refractivity contribution in [2.24, 2.45) is 0 Å². The van der Waals surface area contributed by atoms with E-state index in [0.29, 0.717) is 5.82 Å². The number of para-hydroxylation sites is 1. The highest BCUT2D eigenvalue weighted by Gasteiger charge is 2.07. The smallest absolute Gasteiger partial charge is 0.128 e. The summed E-state index contributed by atoms with van der Waals surface area (Å²) in [5.74, 6) is 0.642. The molecule has 0 bridgehead atoms. The lowest BCUT2D eigenvalue weighted by molar-refractivity contribution is 0.295. The Morgan fingerprint density at radius 3 is 2.60 bits per heavy atom. The Labute approximate surface area is 121 Å². The quantitative estimate of drug-likeness (QED) is 0.875. The van der Waals surface area contributed by atoms with Crippen LogP contribution in [0.4, 0.5) is 5.82 Å². The van der Waals surface area contributed by atoms with Crippen molar-refractivity contribution in [1.29, 1.82) is 0 Å². The van der Waals surface area contributed by atoms with E-state index in [2.05, 4.69) is 48.1 Å². The highest BCUT2D eigenvalue weighted by atomic mass is 15.1. The highest BCUT2D eigenvalue weighted by Crippen LogP contribution is 2.19. The van der Waals surface area contributed by atoms with Gasteiger partial charge < -0.3 is 15.5 Å². The molecule has 1 heterocycles. The molecule has 0 aliphatic heterocycles. The molecule has 2 aromatic rings. The minimum absolute atomic E-state index is 0.642. The fourth-order valence-electron chi connectivity index (χ4n) is 2.33. The molecule has 0 unspecified atom stereocenters. The molecule has 4 heteroatoms. The number of aromatic nitrogens is 1. The average molecular weight is 272 g/mol. The topological polar surface area (TPSA) is 45.4 Å². The normalized spacial score (nSPS) is 11.7. The van der Waals surface area contributed by atoms with Crippen LogP contribution in [0.15, 0.2) is 30.3 Å². The number of nitrogen functional groups attached to an aromatic ring is 1. The third-order valence-electron chi connectivity index (χ3n) is 3.42. The van der Waals surface area contributed by atoms with E-state index in [1.165, 1.54) is 0 Å². The van der Waals surface area contributed by atoms with E-state index < -0.39 is 0 Å². The summed E-state index contributed by atoms with van der Waals surface area (Å²) < 4.78 is 0. The largest absolute Gasteiger partial charge is 0.383 e. The fourth-order valence-corrected chi connectivity index (χ4v) is 2.33. The maximum Gasteiger partial charge on any atom is 0.128 e. The van der Waals surface area contributed by atoms with Crippen molar-refractivity contribution < 1.29 is 0 Å². The molecule has 108 valence electrons. The van der Waals surface area contributed by atoms with Crippen molar-refractivity contribution >= 4 is 16.7 Å². The number of anilines is 1. The summed E-state index contributed by atoms with van der Waals surface area (Å²) in [6.07, 6.45) is 1.16. The molecular formula is C16H24N4. The second-order valence-electron chi connectivity index (χ2n) is 5.62. The minimum atomic E-state index is 0.642. The first-order valence-electron chi connectivity index (χ1n) is 7.03. The number of pyridine rings is 1. The van der Waals surface area contributed by atoms with Gasteiger partial charge in [-0.2, -0.15) is 0 Å². The molecule has 20 heavy (non-hydrogen) atoms. The Bertz CT molecular complexity index is 565. The standard InChI is InChI=1S/C16H24N4/c1-19(2)9-6-10-20(3)12-14-11-13-7-4-5-8-15(13)18-16(14)17/h4-5,7-8,11H,6,9-10,12H2,1-3H3,(H2,17,18). The van der Waals surface area contributed by atoms with Gasteiger partial charge in [0, 0.05) is 17.5 Å². The zero-order valence-corrected chi connectivity index (χ0v) is 12.6. The number of benzene rings is 1. The van der Waals surface area contributed by atoms with Gasteiger partial charge in [0.25, 0.3) is 0 Å². The Hall–Kier alpha value is -1.65. The second kappa shape index (κ2) is 6.68. The van der Waals surface area contributed by atoms with Gasteiger partial charge >= 0.3 is 0 Å². The van der Waals surface area contributed by atoms with Gasteiger partial charge in [-0.15, -0.1) is 0 Å². The molecule has 0 saturated heterocycles. The van der Waals surface area contributed by atoms with Crippen molar-refractivity contribution in [3.8, 4) is 0 Å². The van der Waals surface area contributed by atoms with Crippen LogP contribution in [0.5, 0.6) is 0 Å². The Kier molecular flexibility index (Phi) is 4.93. The zero-order chi connectivity index (χ0) is 14.5. The van der Waals surface area contributed by atoms with Gasteiger partial charge in [-0.3, -0.25) is 0 Å². The lowest BCUT2D eigenvalue weighted by Crippen LogP contribution is -2.24. The first kappa shape index (κ1) is 14.8. The number of fused-ring (bicyclic) bond motifs is 1. The van der Waals surface area contributed by atoms with Crippen LogP contribution in [0.25, 0.3) is 10.9 Å². The predicted octanol–water partition coefficient (Wildman–Crippen LogP) is 2.20. The van der Waals surface area contributed by atoms with Crippen LogP contribution in [-0.2, 0) is 6.54 Å². The van der Waals surface area contributed by atoms with Crippen LogP contribution in [0, 0.1) is 0 Å². The van der Waals surface area contributed by atoms with Crippen LogP contribution in [0.2, 0.25) is 0 Å². The third-order valence-corrected chi connectivity index (χ3v) is 3.42. The number of hydrogen-bond acceptors (Lipinski definition) is 4. The van der Waals surface area contributed by atoms with E-state index in [4.69, 9.17) is 5.73 Å². The van der Waals surface area contributed by atoms with Crippen molar-refractivity contribution in [2.75, 3.05) is 40.0 Å². The molecule has 1 aromatic carbocycles. The minimum Gasteiger partial charge on any atom is -0.383 e. The average Bonchev–Trinajstić information content (AvgIpc) is 2.39. The molecular weight excluding hydrogens is 248 g/mol. The summed E-state index contributed by atoms with van der Waals surface area (Å²) in [4.78, 5) is 8.99. The van der Waals surface area contributed by atoms with E-state index in [1.54, 1.807) is 0 Å². The molecule has 1 aromatic heterocycles. The molecule has 2 N–H and O–H groups in total. The van der Waals surface area contributed by atoms with Crippen LogP contribution >= 0.6 is 0 Å². The maximum atomic E-state index is 6.07. The lowest BCUT2D eigenvalue weighted by Gasteiger charge is -2.19. The SMILES string of the molecule is CN(C)CCCN(C)Cc1cc2ccccc2nc1N. The Morgan fingerprint density at radius 1 is 1.10 bits per heavy atom. The van der Waals surface area contributed by atoms with Crippen molar-refractivity contribution in [3.05, 3.63) is 35.9 Å². The van der Waals surface area contributed by atoms with Crippen LogP contribution in [-0.4, -0.2) is 49.0 Å². The van der Waals surface area contributed by atoms with Gasteiger partial charge in [-0.25, -0.2) is 4.98 Å². The molecule has 0 atom stereocenters. The second-order valence-corrected chi connectivity index (χ2v) is 5.62. The van der Waals surface area contributed by atoms with Gasteiger partial charge in [0.05, 0.1) is 5.52 Å². The van der Waals surface area contributed by atoms with E-state index in [-0.39, 0.29) is 0 Å². The summed E-state index contributed by atoms with van der Waals surface area (Å²) in [7, 11) is 6.33. The summed E-state index contributed by atoms with van der Waals surface area (Å²) in [5.41, 5.74) is 8.14. The fraction of sp³-hybridized carbons (Fsp3) is 0.438. The summed E-state index contributed by atoms with van der Waals surface area (Å²) in [5, 5.41) is 1.15. The Morgan fingerprint density at radius 2 is 1.85 bits per heavy atom. The Balaban J connectivity index is 2.03. The molecule has 0 aliphatic carbocycles. The number of hydrogen-bond donors (Lipinski definition) is 1. The van der Waals surface area contributed by atoms with Crippen LogP contribution < -0.4 is 5.73 Å². The van der Waals surface area contributed by atoms with Gasteiger partial charge in [0.1, 0.15) is 5.82 Å². The number of nitrogens with two attached hydrogens (primary N) is 1. The predicted molar refractivity (Wildman–Crippen MR) is 85.7 cm³/mol. The first-order chi connectivity index (χ1) is 9.56. The maximum absolute atomic E-state index is 6.07. The molecule has 0 saturated carbocycles. The summed E-state index contributed by atoms with van der Waals surface area (Å²) >= 11 is 0. The number of nitrogens with zero attached hydrogens (tertiary/aromatic N) is 3. The van der Waals surface area contributed by atoms with Gasteiger partial charge in [0.15, 0.2) is 0 Å². The molecule has 4 nitrogen and oxygen atoms in total.